The van der Waals surface area contributed by atoms with Gasteiger partial charge in [-0.2, -0.15) is 0 Å². The van der Waals surface area contributed by atoms with Gasteiger partial charge < -0.3 is 9.72 Å². The van der Waals surface area contributed by atoms with Crippen molar-refractivity contribution in [2.75, 3.05) is 7.11 Å². The summed E-state index contributed by atoms with van der Waals surface area (Å²) in [4.78, 5) is 2.85. The molecule has 0 aliphatic carbocycles. The molecule has 0 aliphatic rings. The molecule has 68 valence electrons. The Bertz CT molecular complexity index is 452. The Balaban J connectivity index is 2.83. The number of rotatable bonds is 1. The van der Waals surface area contributed by atoms with E-state index in [1.165, 1.54) is 7.11 Å². The van der Waals surface area contributed by atoms with Crippen molar-refractivity contribution >= 4 is 22.5 Å². The standard InChI is InChI=1S/C9H7ClFNO/c1-13-6-4-5-2-3-12-9(5)7(10)8(6)11/h2-4,12H,1H3. The van der Waals surface area contributed by atoms with Gasteiger partial charge in [-0.15, -0.1) is 0 Å². The summed E-state index contributed by atoms with van der Waals surface area (Å²) in [6.45, 7) is 0. The molecule has 0 saturated heterocycles. The fourth-order valence-corrected chi connectivity index (χ4v) is 1.52. The molecule has 2 aromatic rings. The second-order valence-corrected chi connectivity index (χ2v) is 3.03. The zero-order chi connectivity index (χ0) is 9.42. The van der Waals surface area contributed by atoms with Crippen LogP contribution in [0.15, 0.2) is 18.3 Å². The van der Waals surface area contributed by atoms with Gasteiger partial charge in [0.1, 0.15) is 5.02 Å². The molecule has 0 fully saturated rings. The lowest BCUT2D eigenvalue weighted by Gasteiger charge is -2.03. The molecule has 1 heterocycles. The number of aromatic nitrogens is 1. The molecular formula is C9H7ClFNO. The van der Waals surface area contributed by atoms with E-state index in [2.05, 4.69) is 4.98 Å². The Hall–Kier alpha value is -1.22. The molecule has 0 bridgehead atoms. The number of H-pyrrole nitrogens is 1. The molecule has 0 unspecified atom stereocenters. The van der Waals surface area contributed by atoms with Crippen LogP contribution in [0.3, 0.4) is 0 Å². The smallest absolute Gasteiger partial charge is 0.185 e. The van der Waals surface area contributed by atoms with Crippen LogP contribution in [0.5, 0.6) is 5.75 Å². The van der Waals surface area contributed by atoms with E-state index < -0.39 is 5.82 Å². The Morgan fingerprint density at radius 3 is 3.00 bits per heavy atom. The van der Waals surface area contributed by atoms with E-state index in [-0.39, 0.29) is 10.8 Å². The van der Waals surface area contributed by atoms with Crippen LogP contribution in [-0.2, 0) is 0 Å². The molecule has 0 amide bonds. The molecule has 1 aromatic heterocycles. The Morgan fingerprint density at radius 1 is 1.54 bits per heavy atom. The number of nitrogens with one attached hydrogen (secondary N) is 1. The second kappa shape index (κ2) is 2.92. The predicted molar refractivity (Wildman–Crippen MR) is 49.8 cm³/mol. The SMILES string of the molecule is COc1cc2cc[nH]c2c(Cl)c1F. The third-order valence-electron chi connectivity index (χ3n) is 1.91. The van der Waals surface area contributed by atoms with Gasteiger partial charge in [0, 0.05) is 11.6 Å². The van der Waals surface area contributed by atoms with Crippen LogP contribution in [0, 0.1) is 5.82 Å². The van der Waals surface area contributed by atoms with Gasteiger partial charge in [0.05, 0.1) is 12.6 Å². The lowest BCUT2D eigenvalue weighted by Crippen LogP contribution is -1.89. The molecular weight excluding hydrogens is 193 g/mol. The zero-order valence-corrected chi connectivity index (χ0v) is 7.65. The third kappa shape index (κ3) is 1.16. The molecule has 0 radical (unpaired) electrons. The predicted octanol–water partition coefficient (Wildman–Crippen LogP) is 2.97. The van der Waals surface area contributed by atoms with E-state index in [9.17, 15) is 4.39 Å². The molecule has 13 heavy (non-hydrogen) atoms. The lowest BCUT2D eigenvalue weighted by atomic mass is 10.2. The van der Waals surface area contributed by atoms with Crippen LogP contribution >= 0.6 is 11.6 Å². The lowest BCUT2D eigenvalue weighted by molar-refractivity contribution is 0.387. The highest BCUT2D eigenvalue weighted by atomic mass is 35.5. The van der Waals surface area contributed by atoms with E-state index in [4.69, 9.17) is 16.3 Å². The number of ether oxygens (including phenoxy) is 1. The Morgan fingerprint density at radius 2 is 2.31 bits per heavy atom. The minimum Gasteiger partial charge on any atom is -0.494 e. The highest BCUT2D eigenvalue weighted by Crippen LogP contribution is 2.32. The van der Waals surface area contributed by atoms with Crippen LogP contribution < -0.4 is 4.74 Å². The van der Waals surface area contributed by atoms with Crippen molar-refractivity contribution in [3.63, 3.8) is 0 Å². The van der Waals surface area contributed by atoms with Crippen LogP contribution in [0.2, 0.25) is 5.02 Å². The first-order chi connectivity index (χ1) is 6.24. The first-order valence-electron chi connectivity index (χ1n) is 3.73. The molecule has 0 spiro atoms. The normalized spacial score (nSPS) is 10.7. The summed E-state index contributed by atoms with van der Waals surface area (Å²) in [6.07, 6.45) is 1.70. The van der Waals surface area contributed by atoms with E-state index in [1.54, 1.807) is 12.3 Å². The van der Waals surface area contributed by atoms with Gasteiger partial charge in [-0.1, -0.05) is 11.6 Å². The van der Waals surface area contributed by atoms with Crippen LogP contribution in [0.4, 0.5) is 4.39 Å². The average Bonchev–Trinajstić information content (AvgIpc) is 2.59. The number of hydrogen-bond donors (Lipinski definition) is 1. The van der Waals surface area contributed by atoms with Crippen molar-refractivity contribution in [2.45, 2.75) is 0 Å². The van der Waals surface area contributed by atoms with Crippen molar-refractivity contribution in [3.8, 4) is 5.75 Å². The fourth-order valence-electron chi connectivity index (χ4n) is 1.26. The number of hydrogen-bond acceptors (Lipinski definition) is 1. The van der Waals surface area contributed by atoms with Crippen molar-refractivity contribution in [3.05, 3.63) is 29.2 Å². The molecule has 0 saturated carbocycles. The van der Waals surface area contributed by atoms with Gasteiger partial charge in [-0.05, 0) is 12.1 Å². The number of methoxy groups -OCH3 is 1. The number of benzene rings is 1. The van der Waals surface area contributed by atoms with E-state index in [0.717, 1.165) is 5.39 Å². The zero-order valence-electron chi connectivity index (χ0n) is 6.90. The van der Waals surface area contributed by atoms with Gasteiger partial charge in [-0.25, -0.2) is 4.39 Å². The topological polar surface area (TPSA) is 25.0 Å². The minimum absolute atomic E-state index is 0.0688. The maximum absolute atomic E-state index is 13.3. The Labute approximate surface area is 79.3 Å². The van der Waals surface area contributed by atoms with Gasteiger partial charge in [-0.3, -0.25) is 0 Å². The van der Waals surface area contributed by atoms with Gasteiger partial charge >= 0.3 is 0 Å². The summed E-state index contributed by atoms with van der Waals surface area (Å²) in [7, 11) is 1.41. The van der Waals surface area contributed by atoms with Crippen LogP contribution in [0.25, 0.3) is 10.9 Å². The molecule has 1 aromatic carbocycles. The third-order valence-corrected chi connectivity index (χ3v) is 2.27. The quantitative estimate of drug-likeness (QED) is 0.751. The summed E-state index contributed by atoms with van der Waals surface area (Å²) in [5.74, 6) is -0.365. The first kappa shape index (κ1) is 8.38. The highest BCUT2D eigenvalue weighted by Gasteiger charge is 2.12. The molecule has 2 rings (SSSR count). The fraction of sp³-hybridized carbons (Fsp3) is 0.111. The largest absolute Gasteiger partial charge is 0.494 e. The monoisotopic (exact) mass is 199 g/mol. The maximum atomic E-state index is 13.3. The highest BCUT2D eigenvalue weighted by molar-refractivity contribution is 6.35. The molecule has 1 N–H and O–H groups in total. The minimum atomic E-state index is -0.529. The van der Waals surface area contributed by atoms with Gasteiger partial charge in [0.2, 0.25) is 0 Å². The van der Waals surface area contributed by atoms with E-state index in [0.29, 0.717) is 5.52 Å². The maximum Gasteiger partial charge on any atom is 0.185 e. The van der Waals surface area contributed by atoms with Crippen molar-refractivity contribution in [2.24, 2.45) is 0 Å². The summed E-state index contributed by atoms with van der Waals surface area (Å²) < 4.78 is 18.2. The van der Waals surface area contributed by atoms with Crippen molar-refractivity contribution in [1.29, 1.82) is 0 Å². The number of aromatic amines is 1. The molecule has 0 atom stereocenters. The molecule has 4 heteroatoms. The van der Waals surface area contributed by atoms with Gasteiger partial charge in [0.15, 0.2) is 11.6 Å². The number of halogens is 2. The van der Waals surface area contributed by atoms with Gasteiger partial charge in [0.25, 0.3) is 0 Å². The summed E-state index contributed by atoms with van der Waals surface area (Å²) in [5, 5.41) is 0.905. The average molecular weight is 200 g/mol. The van der Waals surface area contributed by atoms with Crippen molar-refractivity contribution in [1.82, 2.24) is 4.98 Å². The van der Waals surface area contributed by atoms with E-state index >= 15 is 0 Å². The Kier molecular flexibility index (Phi) is 1.88. The molecule has 2 nitrogen and oxygen atoms in total. The first-order valence-corrected chi connectivity index (χ1v) is 4.11. The summed E-state index contributed by atoms with van der Waals surface area (Å²) >= 11 is 5.77. The van der Waals surface area contributed by atoms with Crippen molar-refractivity contribution < 1.29 is 9.13 Å². The summed E-state index contributed by atoms with van der Waals surface area (Å²) in [6, 6.07) is 3.41. The number of fused-ring (bicyclic) bond motifs is 1. The van der Waals surface area contributed by atoms with Crippen LogP contribution in [0.1, 0.15) is 0 Å². The second-order valence-electron chi connectivity index (χ2n) is 2.65. The molecule has 0 aliphatic heterocycles. The van der Waals surface area contributed by atoms with E-state index in [1.807, 2.05) is 6.07 Å². The summed E-state index contributed by atoms with van der Waals surface area (Å²) in [5.41, 5.74) is 0.597. The van der Waals surface area contributed by atoms with Crippen LogP contribution in [-0.4, -0.2) is 12.1 Å².